The van der Waals surface area contributed by atoms with Crippen LogP contribution in [0.1, 0.15) is 17.9 Å². The van der Waals surface area contributed by atoms with Crippen LogP contribution in [-0.4, -0.2) is 23.0 Å². The lowest BCUT2D eigenvalue weighted by atomic mass is 9.63. The first kappa shape index (κ1) is 12.4. The Morgan fingerprint density at radius 3 is 2.32 bits per heavy atom. The normalized spacial score (nSPS) is 41.4. The Balaban J connectivity index is 1.46. The highest BCUT2D eigenvalue weighted by molar-refractivity contribution is 6.06. The number of furan rings is 1. The molecule has 5 aliphatic rings. The lowest BCUT2D eigenvalue weighted by molar-refractivity contribution is -0.140. The Bertz CT molecular complexity index is 711. The van der Waals surface area contributed by atoms with Crippen molar-refractivity contribution in [2.75, 3.05) is 0 Å². The molecule has 1 aromatic rings. The first-order chi connectivity index (χ1) is 10.6. The monoisotopic (exact) mass is 296 g/mol. The Morgan fingerprint density at radius 2 is 1.77 bits per heavy atom. The zero-order chi connectivity index (χ0) is 15.0. The van der Waals surface area contributed by atoms with Gasteiger partial charge >= 0.3 is 0 Å². The molecule has 112 valence electrons. The summed E-state index contributed by atoms with van der Waals surface area (Å²) >= 11 is 0. The number of rotatable bonds is 2. The van der Waals surface area contributed by atoms with Crippen molar-refractivity contribution in [3.63, 3.8) is 0 Å². The van der Waals surface area contributed by atoms with Crippen molar-refractivity contribution in [2.45, 2.75) is 13.3 Å². The van der Waals surface area contributed by atoms with Crippen LogP contribution in [0.25, 0.3) is 0 Å². The fourth-order valence-corrected chi connectivity index (χ4v) is 4.69. The van der Waals surface area contributed by atoms with Crippen LogP contribution in [0.5, 0.6) is 0 Å². The van der Waals surface area contributed by atoms with E-state index in [1.165, 1.54) is 12.6 Å². The average molecular weight is 296 g/mol. The van der Waals surface area contributed by atoms with Gasteiger partial charge in [0.15, 0.2) is 0 Å². The van der Waals surface area contributed by atoms with E-state index >= 15 is 0 Å². The summed E-state index contributed by atoms with van der Waals surface area (Å²) in [5.41, 5.74) is 0. The molecule has 3 fully saturated rings. The number of nitrogens with zero attached hydrogens (tertiary/aromatic N) is 2. The van der Waals surface area contributed by atoms with Crippen molar-refractivity contribution in [1.29, 1.82) is 0 Å². The third-order valence-electron chi connectivity index (χ3n) is 5.70. The molecule has 5 heteroatoms. The number of hydrogen-bond acceptors (Lipinski definition) is 4. The van der Waals surface area contributed by atoms with Gasteiger partial charge in [-0.1, -0.05) is 12.2 Å². The average Bonchev–Trinajstić information content (AvgIpc) is 3.19. The first-order valence-corrected chi connectivity index (χ1v) is 7.82. The predicted molar refractivity (Wildman–Crippen MR) is 77.6 cm³/mol. The lowest BCUT2D eigenvalue weighted by Gasteiger charge is -2.37. The molecule has 2 bridgehead atoms. The van der Waals surface area contributed by atoms with E-state index in [2.05, 4.69) is 17.3 Å². The quantitative estimate of drug-likeness (QED) is 0.476. The van der Waals surface area contributed by atoms with Gasteiger partial charge < -0.3 is 4.42 Å². The molecule has 6 atom stereocenters. The summed E-state index contributed by atoms with van der Waals surface area (Å²) < 4.78 is 5.40. The molecule has 0 aromatic carbocycles. The molecule has 0 radical (unpaired) electrons. The Morgan fingerprint density at radius 1 is 1.14 bits per heavy atom. The van der Waals surface area contributed by atoms with E-state index in [0.717, 1.165) is 10.8 Å². The maximum absolute atomic E-state index is 12.7. The molecule has 2 heterocycles. The second kappa shape index (κ2) is 3.97. The molecule has 1 aliphatic heterocycles. The molecular weight excluding hydrogens is 280 g/mol. The van der Waals surface area contributed by atoms with Crippen LogP contribution in [0, 0.1) is 42.4 Å². The van der Waals surface area contributed by atoms with Gasteiger partial charge in [0.1, 0.15) is 11.5 Å². The molecule has 2 saturated carbocycles. The van der Waals surface area contributed by atoms with E-state index in [1.807, 2.05) is 13.0 Å². The van der Waals surface area contributed by atoms with Gasteiger partial charge in [-0.2, -0.15) is 10.1 Å². The second-order valence-corrected chi connectivity index (χ2v) is 6.84. The number of aryl methyl sites for hydroxylation is 1. The third kappa shape index (κ3) is 1.46. The van der Waals surface area contributed by atoms with E-state index in [1.54, 1.807) is 6.07 Å². The van der Waals surface area contributed by atoms with E-state index in [0.29, 0.717) is 17.6 Å². The molecule has 5 nitrogen and oxygen atoms in total. The molecule has 0 spiro atoms. The summed E-state index contributed by atoms with van der Waals surface area (Å²) in [7, 11) is 0. The van der Waals surface area contributed by atoms with Crippen molar-refractivity contribution < 1.29 is 14.0 Å². The highest BCUT2D eigenvalue weighted by Crippen LogP contribution is 2.65. The standard InChI is InChI=1S/C17H16N2O3/c1-8-2-3-9(22-8)7-18-19-16(20)14-10-4-5-11(13-6-12(10)13)15(14)17(19)21/h2-5,7,10-15H,6H2,1H3/b18-7+/t10-,11-,12-,13-,14-,15+/m1/s1. The molecule has 4 aliphatic carbocycles. The molecule has 6 rings (SSSR count). The molecule has 0 N–H and O–H groups in total. The van der Waals surface area contributed by atoms with Crippen molar-refractivity contribution in [1.82, 2.24) is 5.01 Å². The topological polar surface area (TPSA) is 62.9 Å². The summed E-state index contributed by atoms with van der Waals surface area (Å²) in [5, 5.41) is 5.19. The molecule has 1 saturated heterocycles. The van der Waals surface area contributed by atoms with Crippen LogP contribution in [0.4, 0.5) is 0 Å². The van der Waals surface area contributed by atoms with Crippen LogP contribution >= 0.6 is 0 Å². The number of hydrazone groups is 1. The minimum atomic E-state index is -0.193. The summed E-state index contributed by atoms with van der Waals surface area (Å²) in [4.78, 5) is 25.3. The number of carbonyl (C=O) groups is 2. The number of allylic oxidation sites excluding steroid dienone is 2. The summed E-state index contributed by atoms with van der Waals surface area (Å²) in [5.74, 6) is 2.37. The van der Waals surface area contributed by atoms with Crippen LogP contribution in [0.2, 0.25) is 0 Å². The Kier molecular flexibility index (Phi) is 2.23. The summed E-state index contributed by atoms with van der Waals surface area (Å²) in [6.45, 7) is 1.84. The van der Waals surface area contributed by atoms with Gasteiger partial charge in [-0.05, 0) is 49.1 Å². The molecule has 22 heavy (non-hydrogen) atoms. The lowest BCUT2D eigenvalue weighted by Crippen LogP contribution is -2.40. The van der Waals surface area contributed by atoms with Gasteiger partial charge in [0, 0.05) is 0 Å². The van der Waals surface area contributed by atoms with Gasteiger partial charge in [-0.3, -0.25) is 9.59 Å². The maximum atomic E-state index is 12.7. The van der Waals surface area contributed by atoms with Gasteiger partial charge in [0.25, 0.3) is 11.8 Å². The van der Waals surface area contributed by atoms with E-state index in [4.69, 9.17) is 4.42 Å². The maximum Gasteiger partial charge on any atom is 0.254 e. The highest BCUT2D eigenvalue weighted by atomic mass is 16.3. The van der Waals surface area contributed by atoms with Crippen LogP contribution in [0.3, 0.4) is 0 Å². The molecule has 1 aromatic heterocycles. The zero-order valence-electron chi connectivity index (χ0n) is 12.2. The highest BCUT2D eigenvalue weighted by Gasteiger charge is 2.67. The SMILES string of the molecule is Cc1ccc(/C=N/N2C(=O)[C@@H]3[C@@H]4C=C[C@H]([C@H]5C[C@H]45)[C@@H]3C2=O)o1. The van der Waals surface area contributed by atoms with Crippen molar-refractivity contribution in [3.8, 4) is 0 Å². The van der Waals surface area contributed by atoms with E-state index < -0.39 is 0 Å². The zero-order valence-corrected chi connectivity index (χ0v) is 12.2. The Hall–Kier alpha value is -2.17. The number of amides is 2. The van der Waals surface area contributed by atoms with Gasteiger partial charge in [-0.15, -0.1) is 0 Å². The summed E-state index contributed by atoms with van der Waals surface area (Å²) in [6.07, 6.45) is 6.95. The van der Waals surface area contributed by atoms with Crippen LogP contribution in [-0.2, 0) is 9.59 Å². The minimum absolute atomic E-state index is 0.140. The first-order valence-electron chi connectivity index (χ1n) is 7.82. The van der Waals surface area contributed by atoms with Gasteiger partial charge in [-0.25, -0.2) is 0 Å². The van der Waals surface area contributed by atoms with Crippen LogP contribution < -0.4 is 0 Å². The fraction of sp³-hybridized carbons (Fsp3) is 0.471. The Labute approximate surface area is 127 Å². The third-order valence-corrected chi connectivity index (χ3v) is 5.70. The van der Waals surface area contributed by atoms with E-state index in [-0.39, 0.29) is 35.5 Å². The number of hydrogen-bond donors (Lipinski definition) is 0. The molecular formula is C17H16N2O3. The number of carbonyl (C=O) groups excluding carboxylic acids is 2. The molecule has 2 amide bonds. The predicted octanol–water partition coefficient (Wildman–Crippen LogP) is 1.98. The van der Waals surface area contributed by atoms with Crippen LogP contribution in [0.15, 0.2) is 33.8 Å². The molecule has 0 unspecified atom stereocenters. The van der Waals surface area contributed by atoms with Gasteiger partial charge in [0.05, 0.1) is 18.1 Å². The largest absolute Gasteiger partial charge is 0.460 e. The van der Waals surface area contributed by atoms with Crippen molar-refractivity contribution in [2.24, 2.45) is 40.6 Å². The van der Waals surface area contributed by atoms with Crippen molar-refractivity contribution >= 4 is 18.0 Å². The smallest absolute Gasteiger partial charge is 0.254 e. The summed E-state index contributed by atoms with van der Waals surface area (Å²) in [6, 6.07) is 3.60. The van der Waals surface area contributed by atoms with Gasteiger partial charge in [0.2, 0.25) is 0 Å². The fourth-order valence-electron chi connectivity index (χ4n) is 4.69. The van der Waals surface area contributed by atoms with Crippen molar-refractivity contribution in [3.05, 3.63) is 35.8 Å². The van der Waals surface area contributed by atoms with E-state index in [9.17, 15) is 9.59 Å². The minimum Gasteiger partial charge on any atom is -0.460 e. The second-order valence-electron chi connectivity index (χ2n) is 6.84. The number of imide groups is 1.